The number of hydrogen-bond acceptors (Lipinski definition) is 6. The average Bonchev–Trinajstić information content (AvgIpc) is 3.29. The molecular formula is C19H25N5O4S. The highest BCUT2D eigenvalue weighted by Crippen LogP contribution is 2.32. The van der Waals surface area contributed by atoms with Crippen molar-refractivity contribution in [2.75, 3.05) is 26.7 Å². The summed E-state index contributed by atoms with van der Waals surface area (Å²) in [5, 5.41) is 8.66. The van der Waals surface area contributed by atoms with Crippen LogP contribution < -0.4 is 4.74 Å². The van der Waals surface area contributed by atoms with E-state index in [-0.39, 0.29) is 16.8 Å². The minimum absolute atomic E-state index is 0.0298. The number of likely N-dealkylation sites (tertiary alicyclic amines) is 1. The maximum atomic E-state index is 13.1. The molecule has 3 heterocycles. The van der Waals surface area contributed by atoms with Gasteiger partial charge < -0.3 is 14.2 Å². The highest BCUT2D eigenvalue weighted by Gasteiger charge is 2.34. The van der Waals surface area contributed by atoms with Gasteiger partial charge in [-0.1, -0.05) is 0 Å². The van der Waals surface area contributed by atoms with Crippen LogP contribution in [0.15, 0.2) is 29.2 Å². The first-order valence-electron chi connectivity index (χ1n) is 9.75. The lowest BCUT2D eigenvalue weighted by molar-refractivity contribution is -0.129. The lowest BCUT2D eigenvalue weighted by Crippen LogP contribution is -2.34. The Hall–Kier alpha value is -2.46. The molecule has 0 bridgehead atoms. The number of ether oxygens (including phenoxy) is 1. The summed E-state index contributed by atoms with van der Waals surface area (Å²) < 4.78 is 34.8. The van der Waals surface area contributed by atoms with Gasteiger partial charge in [-0.05, 0) is 37.1 Å². The van der Waals surface area contributed by atoms with Gasteiger partial charge in [0, 0.05) is 39.5 Å². The number of carbonyl (C=O) groups excluding carboxylic acids is 1. The average molecular weight is 420 g/mol. The summed E-state index contributed by atoms with van der Waals surface area (Å²) >= 11 is 0. The molecule has 9 nitrogen and oxygen atoms in total. The molecule has 1 aromatic heterocycles. The number of methoxy groups -OCH3 is 1. The molecule has 0 saturated carbocycles. The van der Waals surface area contributed by atoms with E-state index in [0.29, 0.717) is 31.8 Å². The first-order valence-corrected chi connectivity index (χ1v) is 11.2. The number of amides is 1. The Balaban J connectivity index is 1.55. The van der Waals surface area contributed by atoms with E-state index in [1.54, 1.807) is 38.3 Å². The number of hydrogen-bond donors (Lipinski definition) is 0. The first kappa shape index (κ1) is 19.8. The molecule has 29 heavy (non-hydrogen) atoms. The number of benzene rings is 1. The van der Waals surface area contributed by atoms with E-state index < -0.39 is 10.0 Å². The standard InChI is InChI=1S/C19H25N5O4S/c1-14(25)23-10-3-4-17(23)19-21-20-18-9-11-22(12-13-24(18)19)29(26,27)16-7-5-15(28-2)6-8-16/h5-8,17H,3-4,9-13H2,1-2H3/t17-/m0/s1. The Bertz CT molecular complexity index is 1000. The second-order valence-corrected chi connectivity index (χ2v) is 9.26. The predicted octanol–water partition coefficient (Wildman–Crippen LogP) is 1.22. The van der Waals surface area contributed by atoms with Crippen molar-refractivity contribution >= 4 is 15.9 Å². The highest BCUT2D eigenvalue weighted by atomic mass is 32.2. The van der Waals surface area contributed by atoms with Crippen LogP contribution in [0.1, 0.15) is 37.5 Å². The normalized spacial score (nSPS) is 20.3. The zero-order valence-corrected chi connectivity index (χ0v) is 17.4. The molecule has 4 rings (SSSR count). The summed E-state index contributed by atoms with van der Waals surface area (Å²) in [6.07, 6.45) is 2.27. The Kier molecular flexibility index (Phi) is 5.30. The van der Waals surface area contributed by atoms with E-state index in [2.05, 4.69) is 10.2 Å². The lowest BCUT2D eigenvalue weighted by Gasteiger charge is -2.23. The molecule has 0 N–H and O–H groups in total. The minimum Gasteiger partial charge on any atom is -0.497 e. The van der Waals surface area contributed by atoms with Crippen molar-refractivity contribution in [1.82, 2.24) is 24.0 Å². The molecule has 1 saturated heterocycles. The summed E-state index contributed by atoms with van der Waals surface area (Å²) in [4.78, 5) is 14.0. The lowest BCUT2D eigenvalue weighted by atomic mass is 10.2. The van der Waals surface area contributed by atoms with Crippen molar-refractivity contribution in [3.8, 4) is 5.75 Å². The number of sulfonamides is 1. The van der Waals surface area contributed by atoms with Crippen LogP contribution in [0, 0.1) is 0 Å². The van der Waals surface area contributed by atoms with E-state index in [1.807, 2.05) is 9.47 Å². The fraction of sp³-hybridized carbons (Fsp3) is 0.526. The molecule has 0 spiro atoms. The van der Waals surface area contributed by atoms with E-state index in [4.69, 9.17) is 4.74 Å². The molecule has 2 aliphatic rings. The maximum absolute atomic E-state index is 13.1. The second kappa shape index (κ2) is 7.75. The van der Waals surface area contributed by atoms with Crippen LogP contribution in [0.25, 0.3) is 0 Å². The molecule has 0 unspecified atom stereocenters. The van der Waals surface area contributed by atoms with Gasteiger partial charge in [-0.25, -0.2) is 8.42 Å². The molecule has 2 aromatic rings. The van der Waals surface area contributed by atoms with E-state index in [1.165, 1.54) is 4.31 Å². The van der Waals surface area contributed by atoms with Gasteiger partial charge in [0.05, 0.1) is 18.0 Å². The fourth-order valence-electron chi connectivity index (χ4n) is 4.12. The number of nitrogens with zero attached hydrogens (tertiary/aromatic N) is 5. The van der Waals surface area contributed by atoms with Crippen molar-refractivity contribution < 1.29 is 17.9 Å². The second-order valence-electron chi connectivity index (χ2n) is 7.33. The van der Waals surface area contributed by atoms with Gasteiger partial charge in [0.25, 0.3) is 0 Å². The van der Waals surface area contributed by atoms with Crippen molar-refractivity contribution in [1.29, 1.82) is 0 Å². The van der Waals surface area contributed by atoms with Crippen molar-refractivity contribution in [2.45, 2.75) is 43.7 Å². The van der Waals surface area contributed by atoms with Gasteiger partial charge in [0.15, 0.2) is 5.82 Å². The van der Waals surface area contributed by atoms with Crippen molar-refractivity contribution in [3.05, 3.63) is 35.9 Å². The summed E-state index contributed by atoms with van der Waals surface area (Å²) in [5.74, 6) is 2.17. The molecule has 2 aliphatic heterocycles. The van der Waals surface area contributed by atoms with Crippen LogP contribution in [0.5, 0.6) is 5.75 Å². The Labute approximate surface area is 170 Å². The molecule has 156 valence electrons. The largest absolute Gasteiger partial charge is 0.497 e. The molecule has 0 aliphatic carbocycles. The number of carbonyl (C=O) groups is 1. The Morgan fingerprint density at radius 1 is 1.10 bits per heavy atom. The molecule has 1 atom stereocenters. The maximum Gasteiger partial charge on any atom is 0.243 e. The van der Waals surface area contributed by atoms with Gasteiger partial charge in [-0.2, -0.15) is 4.31 Å². The van der Waals surface area contributed by atoms with Crippen LogP contribution in [0.4, 0.5) is 0 Å². The third-order valence-electron chi connectivity index (χ3n) is 5.67. The summed E-state index contributed by atoms with van der Waals surface area (Å²) in [6, 6.07) is 6.34. The molecule has 1 fully saturated rings. The van der Waals surface area contributed by atoms with E-state index >= 15 is 0 Å². The van der Waals surface area contributed by atoms with Gasteiger partial charge in [-0.15, -0.1) is 10.2 Å². The van der Waals surface area contributed by atoms with Crippen LogP contribution in [0.2, 0.25) is 0 Å². The van der Waals surface area contributed by atoms with Gasteiger partial charge in [-0.3, -0.25) is 4.79 Å². The van der Waals surface area contributed by atoms with Crippen molar-refractivity contribution in [3.63, 3.8) is 0 Å². The zero-order chi connectivity index (χ0) is 20.6. The Morgan fingerprint density at radius 2 is 1.86 bits per heavy atom. The summed E-state index contributed by atoms with van der Waals surface area (Å²) in [6.45, 7) is 3.43. The molecule has 10 heteroatoms. The predicted molar refractivity (Wildman–Crippen MR) is 105 cm³/mol. The fourth-order valence-corrected chi connectivity index (χ4v) is 5.55. The van der Waals surface area contributed by atoms with Crippen LogP contribution in [0.3, 0.4) is 0 Å². The van der Waals surface area contributed by atoms with Crippen molar-refractivity contribution in [2.24, 2.45) is 0 Å². The number of aromatic nitrogens is 3. The molecule has 1 amide bonds. The monoisotopic (exact) mass is 419 g/mol. The van der Waals surface area contributed by atoms with Crippen LogP contribution >= 0.6 is 0 Å². The van der Waals surface area contributed by atoms with E-state index in [9.17, 15) is 13.2 Å². The highest BCUT2D eigenvalue weighted by molar-refractivity contribution is 7.89. The van der Waals surface area contributed by atoms with Gasteiger partial charge in [0.1, 0.15) is 11.6 Å². The van der Waals surface area contributed by atoms with Gasteiger partial charge in [0.2, 0.25) is 15.9 Å². The summed E-state index contributed by atoms with van der Waals surface area (Å²) in [7, 11) is -2.07. The Morgan fingerprint density at radius 3 is 2.55 bits per heavy atom. The molecule has 0 radical (unpaired) electrons. The third kappa shape index (κ3) is 3.62. The minimum atomic E-state index is -3.61. The number of fused-ring (bicyclic) bond motifs is 1. The summed E-state index contributed by atoms with van der Waals surface area (Å²) in [5.41, 5.74) is 0. The molecule has 1 aromatic carbocycles. The topological polar surface area (TPSA) is 97.6 Å². The van der Waals surface area contributed by atoms with Gasteiger partial charge >= 0.3 is 0 Å². The zero-order valence-electron chi connectivity index (χ0n) is 16.6. The van der Waals surface area contributed by atoms with Crippen LogP contribution in [-0.2, 0) is 27.8 Å². The SMILES string of the molecule is COc1ccc(S(=O)(=O)N2CCc3nnc([C@@H]4CCCN4C(C)=O)n3CC2)cc1. The van der Waals surface area contributed by atoms with Crippen LogP contribution in [-0.4, -0.2) is 65.0 Å². The first-order chi connectivity index (χ1) is 13.9. The molecular weight excluding hydrogens is 394 g/mol. The number of rotatable bonds is 4. The third-order valence-corrected chi connectivity index (χ3v) is 7.58. The quantitative estimate of drug-likeness (QED) is 0.739. The smallest absolute Gasteiger partial charge is 0.243 e. The van der Waals surface area contributed by atoms with E-state index in [0.717, 1.165) is 31.0 Å².